The molecule has 0 unspecified atom stereocenters. The van der Waals surface area contributed by atoms with Crippen LogP contribution in [-0.4, -0.2) is 31.4 Å². The molecule has 0 radical (unpaired) electrons. The standard InChI is InChI=1S/C17H17N3O2/c21-8-6-16-17(14-4-2-7-18-10-14)19-12-20(16)11-13-3-1-5-15(22)9-13/h1-5,7,9-10,12,21-22H,6,8,11H2. The van der Waals surface area contributed by atoms with E-state index in [-0.39, 0.29) is 12.4 Å². The first kappa shape index (κ1) is 14.3. The van der Waals surface area contributed by atoms with E-state index in [1.54, 1.807) is 30.9 Å². The number of phenolic OH excluding ortho intramolecular Hbond substituents is 1. The van der Waals surface area contributed by atoms with Gasteiger partial charge in [0.05, 0.1) is 12.0 Å². The molecule has 1 aromatic carbocycles. The molecule has 22 heavy (non-hydrogen) atoms. The van der Waals surface area contributed by atoms with Crippen molar-refractivity contribution in [1.29, 1.82) is 0 Å². The summed E-state index contributed by atoms with van der Waals surface area (Å²) in [4.78, 5) is 8.60. The number of rotatable bonds is 5. The molecule has 0 amide bonds. The zero-order chi connectivity index (χ0) is 15.4. The van der Waals surface area contributed by atoms with Gasteiger partial charge in [-0.25, -0.2) is 4.98 Å². The van der Waals surface area contributed by atoms with E-state index in [1.165, 1.54) is 0 Å². The third kappa shape index (κ3) is 2.99. The summed E-state index contributed by atoms with van der Waals surface area (Å²) in [6.45, 7) is 0.649. The van der Waals surface area contributed by atoms with Gasteiger partial charge in [-0.15, -0.1) is 0 Å². The summed E-state index contributed by atoms with van der Waals surface area (Å²) in [5.41, 5.74) is 3.70. The second-order valence-electron chi connectivity index (χ2n) is 5.05. The number of hydrogen-bond donors (Lipinski definition) is 2. The molecule has 3 aromatic rings. The van der Waals surface area contributed by atoms with Crippen LogP contribution in [0.25, 0.3) is 11.3 Å². The van der Waals surface area contributed by atoms with Gasteiger partial charge in [0.25, 0.3) is 0 Å². The van der Waals surface area contributed by atoms with Gasteiger partial charge in [-0.3, -0.25) is 4.98 Å². The molecule has 0 bridgehead atoms. The van der Waals surface area contributed by atoms with Crippen LogP contribution in [-0.2, 0) is 13.0 Å². The second-order valence-corrected chi connectivity index (χ2v) is 5.05. The number of nitrogens with zero attached hydrogens (tertiary/aromatic N) is 3. The van der Waals surface area contributed by atoms with Crippen molar-refractivity contribution in [1.82, 2.24) is 14.5 Å². The average molecular weight is 295 g/mol. The van der Waals surface area contributed by atoms with E-state index in [0.717, 1.165) is 22.5 Å². The van der Waals surface area contributed by atoms with Gasteiger partial charge < -0.3 is 14.8 Å². The Labute approximate surface area is 128 Å². The third-order valence-electron chi connectivity index (χ3n) is 3.49. The smallest absolute Gasteiger partial charge is 0.115 e. The molecule has 2 N–H and O–H groups in total. The van der Waals surface area contributed by atoms with Crippen molar-refractivity contribution in [2.75, 3.05) is 6.61 Å². The van der Waals surface area contributed by atoms with Crippen molar-refractivity contribution in [3.05, 3.63) is 66.4 Å². The fourth-order valence-corrected chi connectivity index (χ4v) is 2.51. The van der Waals surface area contributed by atoms with E-state index in [0.29, 0.717) is 13.0 Å². The van der Waals surface area contributed by atoms with Crippen LogP contribution >= 0.6 is 0 Å². The van der Waals surface area contributed by atoms with E-state index in [9.17, 15) is 10.2 Å². The molecule has 0 saturated carbocycles. The minimum absolute atomic E-state index is 0.0546. The first-order chi connectivity index (χ1) is 10.8. The molecule has 2 heterocycles. The number of aromatic nitrogens is 3. The van der Waals surface area contributed by atoms with Crippen molar-refractivity contribution < 1.29 is 10.2 Å². The molecule has 0 saturated heterocycles. The lowest BCUT2D eigenvalue weighted by Gasteiger charge is -2.09. The van der Waals surface area contributed by atoms with E-state index in [4.69, 9.17) is 0 Å². The van der Waals surface area contributed by atoms with Gasteiger partial charge in [-0.05, 0) is 29.8 Å². The number of aliphatic hydroxyl groups excluding tert-OH is 1. The quantitative estimate of drug-likeness (QED) is 0.757. The molecule has 0 aliphatic carbocycles. The molecule has 2 aromatic heterocycles. The topological polar surface area (TPSA) is 71.2 Å². The Balaban J connectivity index is 1.96. The zero-order valence-corrected chi connectivity index (χ0v) is 12.1. The maximum atomic E-state index is 9.57. The number of phenols is 1. The van der Waals surface area contributed by atoms with E-state index < -0.39 is 0 Å². The zero-order valence-electron chi connectivity index (χ0n) is 12.1. The summed E-state index contributed by atoms with van der Waals surface area (Å²) in [6.07, 6.45) is 5.77. The molecule has 5 nitrogen and oxygen atoms in total. The Bertz CT molecular complexity index is 754. The van der Waals surface area contributed by atoms with Crippen molar-refractivity contribution in [2.45, 2.75) is 13.0 Å². The molecule has 0 spiro atoms. The minimum atomic E-state index is 0.0546. The van der Waals surface area contributed by atoms with E-state index in [2.05, 4.69) is 9.97 Å². The SMILES string of the molecule is OCCc1c(-c2cccnc2)ncn1Cc1cccc(O)c1. The highest BCUT2D eigenvalue weighted by Crippen LogP contribution is 2.23. The second kappa shape index (κ2) is 6.41. The molecular formula is C17H17N3O2. The molecule has 0 aliphatic heterocycles. The highest BCUT2D eigenvalue weighted by Gasteiger charge is 2.13. The minimum Gasteiger partial charge on any atom is -0.508 e. The molecule has 112 valence electrons. The Kier molecular flexibility index (Phi) is 4.16. The van der Waals surface area contributed by atoms with E-state index in [1.807, 2.05) is 28.8 Å². The predicted molar refractivity (Wildman–Crippen MR) is 83.5 cm³/mol. The lowest BCUT2D eigenvalue weighted by atomic mass is 10.1. The number of benzene rings is 1. The highest BCUT2D eigenvalue weighted by atomic mass is 16.3. The molecule has 3 rings (SSSR count). The summed E-state index contributed by atoms with van der Waals surface area (Å²) >= 11 is 0. The van der Waals surface area contributed by atoms with Crippen molar-refractivity contribution in [2.24, 2.45) is 0 Å². The van der Waals surface area contributed by atoms with Crippen LogP contribution in [0, 0.1) is 0 Å². The molecule has 0 fully saturated rings. The number of aromatic hydroxyl groups is 1. The molecule has 0 aliphatic rings. The average Bonchev–Trinajstić information content (AvgIpc) is 2.91. The summed E-state index contributed by atoms with van der Waals surface area (Å²) in [5, 5.41) is 18.9. The van der Waals surface area contributed by atoms with Gasteiger partial charge in [0.2, 0.25) is 0 Å². The van der Waals surface area contributed by atoms with Crippen LogP contribution in [0.1, 0.15) is 11.3 Å². The van der Waals surface area contributed by atoms with Gasteiger partial charge in [0, 0.05) is 43.2 Å². The number of imidazole rings is 1. The summed E-state index contributed by atoms with van der Waals surface area (Å²) < 4.78 is 1.99. The van der Waals surface area contributed by atoms with E-state index >= 15 is 0 Å². The van der Waals surface area contributed by atoms with Gasteiger partial charge in [0.15, 0.2) is 0 Å². The normalized spacial score (nSPS) is 10.8. The number of hydrogen-bond acceptors (Lipinski definition) is 4. The van der Waals surface area contributed by atoms with Gasteiger partial charge in [-0.1, -0.05) is 12.1 Å². The van der Waals surface area contributed by atoms with Crippen LogP contribution in [0.4, 0.5) is 0 Å². The van der Waals surface area contributed by atoms with Gasteiger partial charge in [0.1, 0.15) is 5.75 Å². The van der Waals surface area contributed by atoms with Crippen LogP contribution < -0.4 is 0 Å². The Hall–Kier alpha value is -2.66. The first-order valence-electron chi connectivity index (χ1n) is 7.11. The Morgan fingerprint density at radius 1 is 1.14 bits per heavy atom. The summed E-state index contributed by atoms with van der Waals surface area (Å²) in [6, 6.07) is 11.0. The number of aliphatic hydroxyl groups is 1. The van der Waals surface area contributed by atoms with Crippen molar-refractivity contribution in [3.8, 4) is 17.0 Å². The van der Waals surface area contributed by atoms with Crippen LogP contribution in [0.2, 0.25) is 0 Å². The Morgan fingerprint density at radius 3 is 2.77 bits per heavy atom. The predicted octanol–water partition coefficient (Wildman–Crippen LogP) is 2.23. The van der Waals surface area contributed by atoms with Gasteiger partial charge in [-0.2, -0.15) is 0 Å². The van der Waals surface area contributed by atoms with Gasteiger partial charge >= 0.3 is 0 Å². The monoisotopic (exact) mass is 295 g/mol. The summed E-state index contributed by atoms with van der Waals surface area (Å²) in [5.74, 6) is 0.244. The largest absolute Gasteiger partial charge is 0.508 e. The van der Waals surface area contributed by atoms with Crippen LogP contribution in [0.3, 0.4) is 0 Å². The maximum Gasteiger partial charge on any atom is 0.115 e. The Morgan fingerprint density at radius 2 is 2.05 bits per heavy atom. The third-order valence-corrected chi connectivity index (χ3v) is 3.49. The molecule has 5 heteroatoms. The lowest BCUT2D eigenvalue weighted by molar-refractivity contribution is 0.296. The fraction of sp³-hybridized carbons (Fsp3) is 0.176. The lowest BCUT2D eigenvalue weighted by Crippen LogP contribution is -2.06. The van der Waals surface area contributed by atoms with Crippen molar-refractivity contribution in [3.63, 3.8) is 0 Å². The highest BCUT2D eigenvalue weighted by molar-refractivity contribution is 5.60. The van der Waals surface area contributed by atoms with Crippen LogP contribution in [0.15, 0.2) is 55.1 Å². The summed E-state index contributed by atoms with van der Waals surface area (Å²) in [7, 11) is 0. The van der Waals surface area contributed by atoms with Crippen LogP contribution in [0.5, 0.6) is 5.75 Å². The number of pyridine rings is 1. The maximum absolute atomic E-state index is 9.57. The van der Waals surface area contributed by atoms with Crippen molar-refractivity contribution >= 4 is 0 Å². The fourth-order valence-electron chi connectivity index (χ4n) is 2.51. The first-order valence-corrected chi connectivity index (χ1v) is 7.11. The molecule has 0 atom stereocenters. The molecular weight excluding hydrogens is 278 g/mol.